The first kappa shape index (κ1) is 13.6. The third kappa shape index (κ3) is 3.78. The number of ether oxygens (including phenoxy) is 2. The van der Waals surface area contributed by atoms with Gasteiger partial charge in [0.25, 0.3) is 0 Å². The van der Waals surface area contributed by atoms with Gasteiger partial charge in [-0.2, -0.15) is 0 Å². The number of hydrogen-bond acceptors (Lipinski definition) is 5. The van der Waals surface area contributed by atoms with Crippen LogP contribution in [0, 0.1) is 0 Å². The highest BCUT2D eigenvalue weighted by Gasteiger charge is 2.43. The molecule has 0 aromatic carbocycles. The van der Waals surface area contributed by atoms with Crippen molar-refractivity contribution in [3.63, 3.8) is 0 Å². The van der Waals surface area contributed by atoms with Crippen molar-refractivity contribution in [3.05, 3.63) is 0 Å². The molecule has 3 unspecified atom stereocenters. The third-order valence-electron chi connectivity index (χ3n) is 2.02. The van der Waals surface area contributed by atoms with E-state index in [1.165, 1.54) is 13.8 Å². The quantitative estimate of drug-likeness (QED) is 0.504. The summed E-state index contributed by atoms with van der Waals surface area (Å²) in [4.78, 5) is 9.42. The molecule has 0 spiro atoms. The van der Waals surface area contributed by atoms with Gasteiger partial charge in [-0.15, -0.1) is 0 Å². The molecule has 1 aliphatic rings. The van der Waals surface area contributed by atoms with Crippen LogP contribution in [0.5, 0.6) is 0 Å². The van der Waals surface area contributed by atoms with Crippen LogP contribution in [0.25, 0.3) is 0 Å². The Bertz CT molecular complexity index is 260. The normalized spacial score (nSPS) is 40.3. The van der Waals surface area contributed by atoms with Gasteiger partial charge in [-0.3, -0.25) is 0 Å². The molecular formula is C7H14BO5PS. The molecule has 0 bridgehead atoms. The van der Waals surface area contributed by atoms with Gasteiger partial charge in [0.15, 0.2) is 6.49 Å². The van der Waals surface area contributed by atoms with E-state index < -0.39 is 30.8 Å². The van der Waals surface area contributed by atoms with Crippen LogP contribution >= 0.6 is 6.49 Å². The molecule has 0 aromatic heterocycles. The Morgan fingerprint density at radius 2 is 2.20 bits per heavy atom. The summed E-state index contributed by atoms with van der Waals surface area (Å²) in [6.07, 6.45) is -2.24. The smallest absolute Gasteiger partial charge is 0.183 e. The van der Waals surface area contributed by atoms with Crippen LogP contribution in [0.1, 0.15) is 0 Å². The van der Waals surface area contributed by atoms with Gasteiger partial charge in [-0.05, 0) is 11.8 Å². The number of aliphatic hydroxyl groups is 1. The Labute approximate surface area is 95.3 Å². The van der Waals surface area contributed by atoms with E-state index in [1.54, 1.807) is 0 Å². The monoisotopic (exact) mass is 252 g/mol. The molecule has 5 nitrogen and oxygen atoms in total. The molecule has 0 aromatic rings. The Hall–Kier alpha value is 0.515. The van der Waals surface area contributed by atoms with Gasteiger partial charge in [0.1, 0.15) is 26.2 Å². The molecule has 2 N–H and O–H groups in total. The number of methoxy groups -OCH3 is 1. The summed E-state index contributed by atoms with van der Waals surface area (Å²) in [6.45, 7) is -1.23. The summed E-state index contributed by atoms with van der Waals surface area (Å²) >= 11 is 4.75. The van der Waals surface area contributed by atoms with E-state index in [2.05, 4.69) is 0 Å². The molecule has 1 aliphatic heterocycles. The van der Waals surface area contributed by atoms with Crippen LogP contribution < -0.4 is 0 Å². The van der Waals surface area contributed by atoms with Crippen LogP contribution in [0.2, 0.25) is 0 Å². The largest absolute Gasteiger partial charge is 0.388 e. The minimum Gasteiger partial charge on any atom is -0.388 e. The van der Waals surface area contributed by atoms with Crippen molar-refractivity contribution < 1.29 is 24.0 Å². The van der Waals surface area contributed by atoms with Gasteiger partial charge < -0.3 is 24.0 Å². The summed E-state index contributed by atoms with van der Waals surface area (Å²) in [5.41, 5.74) is 0. The lowest BCUT2D eigenvalue weighted by atomic mass is 9.93. The molecule has 15 heavy (non-hydrogen) atoms. The topological polar surface area (TPSA) is 68.2 Å². The van der Waals surface area contributed by atoms with E-state index in [-0.39, 0.29) is 6.61 Å². The van der Waals surface area contributed by atoms with Crippen LogP contribution in [-0.4, -0.2) is 62.5 Å². The highest BCUT2D eigenvalue weighted by molar-refractivity contribution is 8.09. The highest BCUT2D eigenvalue weighted by Crippen LogP contribution is 2.42. The lowest BCUT2D eigenvalue weighted by Crippen LogP contribution is -2.36. The molecule has 0 amide bonds. The zero-order valence-electron chi connectivity index (χ0n) is 8.57. The maximum absolute atomic E-state index is 9.65. The van der Waals surface area contributed by atoms with Crippen LogP contribution in [0.15, 0.2) is 0 Å². The van der Waals surface area contributed by atoms with Crippen molar-refractivity contribution in [2.45, 2.75) is 24.3 Å². The molecular weight excluding hydrogens is 238 g/mol. The zero-order chi connectivity index (χ0) is 11.6. The molecule has 0 saturated carbocycles. The minimum atomic E-state index is -2.86. The van der Waals surface area contributed by atoms with Gasteiger partial charge in [-0.25, -0.2) is 0 Å². The minimum absolute atomic E-state index is 0.227. The highest BCUT2D eigenvalue weighted by atomic mass is 32.5. The second-order valence-corrected chi connectivity index (χ2v) is 7.31. The van der Waals surface area contributed by atoms with Crippen molar-refractivity contribution in [1.29, 1.82) is 0 Å². The first-order valence-electron chi connectivity index (χ1n) is 4.42. The average Bonchev–Trinajstić information content (AvgIpc) is 2.32. The molecule has 8 heteroatoms. The predicted octanol–water partition coefficient (Wildman–Crippen LogP) is -0.796. The average molecular weight is 252 g/mol. The summed E-state index contributed by atoms with van der Waals surface area (Å²) in [5.74, 6) is 0. The van der Waals surface area contributed by atoms with E-state index in [9.17, 15) is 10.00 Å². The third-order valence-corrected chi connectivity index (χ3v) is 2.91. The molecule has 5 atom stereocenters. The summed E-state index contributed by atoms with van der Waals surface area (Å²) in [6, 6.07) is -0.836. The summed E-state index contributed by atoms with van der Waals surface area (Å²) < 4.78 is 15.3. The van der Waals surface area contributed by atoms with Gasteiger partial charge >= 0.3 is 0 Å². The van der Waals surface area contributed by atoms with E-state index in [4.69, 9.17) is 33.7 Å². The standard InChI is InChI=1S/C7H14BO5PS/c1-11-3-4-6(13-14(2,10)15)5(9)7(8)12-4/h4-7,9H,3H2,1-2H3,(H,10,15)/t4-,5?,6?,7-,14?/m1/s1. The van der Waals surface area contributed by atoms with Crippen LogP contribution in [-0.2, 0) is 25.8 Å². The Morgan fingerprint density at radius 1 is 1.60 bits per heavy atom. The van der Waals surface area contributed by atoms with E-state index in [1.807, 2.05) is 0 Å². The molecule has 86 valence electrons. The first-order chi connectivity index (χ1) is 6.85. The molecule has 0 aliphatic carbocycles. The summed E-state index contributed by atoms with van der Waals surface area (Å²) in [5, 5.41) is 9.65. The van der Waals surface area contributed by atoms with Crippen molar-refractivity contribution >= 4 is 26.1 Å². The second-order valence-electron chi connectivity index (χ2n) is 3.46. The van der Waals surface area contributed by atoms with Crippen molar-refractivity contribution in [2.24, 2.45) is 0 Å². The number of rotatable bonds is 4. The molecule has 2 radical (unpaired) electrons. The summed E-state index contributed by atoms with van der Waals surface area (Å²) in [7, 11) is 6.99. The van der Waals surface area contributed by atoms with E-state index in [0.29, 0.717) is 0 Å². The molecule has 1 fully saturated rings. The number of aliphatic hydroxyl groups excluding tert-OH is 1. The first-order valence-corrected chi connectivity index (χ1v) is 7.54. The van der Waals surface area contributed by atoms with E-state index >= 15 is 0 Å². The SMILES string of the molecule is [B][C@@H]1O[C@H](COC)C(OP(C)(O)=S)C1O. The van der Waals surface area contributed by atoms with E-state index in [0.717, 1.165) is 0 Å². The van der Waals surface area contributed by atoms with Gasteiger partial charge in [0.05, 0.1) is 6.61 Å². The molecule has 1 rings (SSSR count). The zero-order valence-corrected chi connectivity index (χ0v) is 10.3. The maximum atomic E-state index is 9.65. The van der Waals surface area contributed by atoms with Gasteiger partial charge in [0, 0.05) is 19.8 Å². The lowest BCUT2D eigenvalue weighted by Gasteiger charge is -2.23. The van der Waals surface area contributed by atoms with Gasteiger partial charge in [0.2, 0.25) is 0 Å². The van der Waals surface area contributed by atoms with Crippen molar-refractivity contribution in [2.75, 3.05) is 20.4 Å². The Kier molecular flexibility index (Phi) is 4.73. The fourth-order valence-corrected chi connectivity index (χ4v) is 2.43. The molecule has 1 saturated heterocycles. The fraction of sp³-hybridized carbons (Fsp3) is 1.00. The Morgan fingerprint density at radius 3 is 2.67 bits per heavy atom. The van der Waals surface area contributed by atoms with Crippen LogP contribution in [0.3, 0.4) is 0 Å². The van der Waals surface area contributed by atoms with Crippen LogP contribution in [0.4, 0.5) is 0 Å². The van der Waals surface area contributed by atoms with Gasteiger partial charge in [-0.1, -0.05) is 0 Å². The fourth-order valence-electron chi connectivity index (χ4n) is 1.42. The number of hydrogen-bond donors (Lipinski definition) is 2. The second kappa shape index (κ2) is 5.23. The molecule has 1 heterocycles. The maximum Gasteiger partial charge on any atom is 0.183 e. The Balaban J connectivity index is 2.68. The predicted molar refractivity (Wildman–Crippen MR) is 59.6 cm³/mol. The van der Waals surface area contributed by atoms with Crippen molar-refractivity contribution in [1.82, 2.24) is 0 Å². The van der Waals surface area contributed by atoms with Crippen molar-refractivity contribution in [3.8, 4) is 0 Å². The lowest BCUT2D eigenvalue weighted by molar-refractivity contribution is -0.0113.